The van der Waals surface area contributed by atoms with Gasteiger partial charge in [0, 0.05) is 74.2 Å². The number of nitro groups is 1. The molecule has 18 heteroatoms. The monoisotopic (exact) mass is 930 g/mol. The van der Waals surface area contributed by atoms with E-state index < -0.39 is 31.4 Å². The zero-order chi connectivity index (χ0) is 45.7. The number of ether oxygens (including phenoxy) is 1. The Hall–Kier alpha value is -6.11. The van der Waals surface area contributed by atoms with Gasteiger partial charge in [-0.3, -0.25) is 19.8 Å². The van der Waals surface area contributed by atoms with Crippen LogP contribution in [0.5, 0.6) is 0 Å². The van der Waals surface area contributed by atoms with Crippen LogP contribution in [0, 0.1) is 15.5 Å². The maximum absolute atomic E-state index is 14.3. The predicted molar refractivity (Wildman–Crippen MR) is 256 cm³/mol. The first-order chi connectivity index (χ1) is 31.8. The highest BCUT2D eigenvalue weighted by Gasteiger charge is 2.34. The van der Waals surface area contributed by atoms with Crippen molar-refractivity contribution in [1.82, 2.24) is 34.7 Å². The van der Waals surface area contributed by atoms with E-state index in [0.29, 0.717) is 35.5 Å². The van der Waals surface area contributed by atoms with Gasteiger partial charge in [0.1, 0.15) is 16.9 Å². The molecule has 5 heterocycles. The molecule has 16 nitrogen and oxygen atoms in total. The average molecular weight is 932 g/mol. The minimum atomic E-state index is -4.60. The van der Waals surface area contributed by atoms with E-state index in [-0.39, 0.29) is 35.4 Å². The van der Waals surface area contributed by atoms with Crippen molar-refractivity contribution in [2.75, 3.05) is 62.6 Å². The Bertz CT molecular complexity index is 3050. The number of nitrogens with zero attached hydrogens (tertiary/aromatic N) is 6. The number of fused-ring (bicyclic) bond motifs is 2. The number of hydrogen-bond donors (Lipinski definition) is 4. The molecular weight excluding hydrogens is 880 g/mol. The molecule has 0 bridgehead atoms. The SMILES string of the molecule is CC1(C)CCC(CN2CCN(c3ccc(C(=O)NS(=O)(=O)c4ccc(NC[C@@H]5OCCNC5C5=CC5)c([N+](=O)[O-])c4)c(-n4ncc5nc6[nH]ccc6cc54)c3)CC2)=C(c2ccc(Cl)cc2)C1. The molecule has 66 heavy (non-hydrogen) atoms. The number of sulfonamides is 1. The number of allylic oxidation sites excluding steroid dienone is 2. The molecule has 6 aromatic rings. The fraction of sp³-hybridized carbons (Fsp3) is 0.354. The summed E-state index contributed by atoms with van der Waals surface area (Å²) in [5.74, 6) is -0.923. The Morgan fingerprint density at radius 3 is 2.62 bits per heavy atom. The lowest BCUT2D eigenvalue weighted by Gasteiger charge is -2.39. The van der Waals surface area contributed by atoms with Crippen molar-refractivity contribution in [3.8, 4) is 5.69 Å². The number of halogens is 1. The maximum Gasteiger partial charge on any atom is 0.293 e. The number of nitrogens with one attached hydrogen (secondary N) is 4. The number of benzene rings is 3. The summed E-state index contributed by atoms with van der Waals surface area (Å²) in [5, 5.41) is 25.0. The molecule has 3 aromatic carbocycles. The van der Waals surface area contributed by atoms with Gasteiger partial charge in [0.15, 0.2) is 0 Å². The van der Waals surface area contributed by atoms with E-state index in [2.05, 4.69) is 67.3 Å². The third kappa shape index (κ3) is 9.05. The van der Waals surface area contributed by atoms with Crippen LogP contribution in [0.3, 0.4) is 0 Å². The van der Waals surface area contributed by atoms with Gasteiger partial charge in [-0.05, 0) is 96.8 Å². The fourth-order valence-corrected chi connectivity index (χ4v) is 10.6. The van der Waals surface area contributed by atoms with E-state index in [1.165, 1.54) is 34.4 Å². The first-order valence-electron chi connectivity index (χ1n) is 22.3. The highest BCUT2D eigenvalue weighted by Crippen LogP contribution is 2.43. The van der Waals surface area contributed by atoms with Crippen LogP contribution in [0.1, 0.15) is 55.5 Å². The molecule has 4 aliphatic rings. The third-order valence-corrected chi connectivity index (χ3v) is 14.8. The van der Waals surface area contributed by atoms with Crippen LogP contribution in [-0.2, 0) is 14.8 Å². The number of H-pyrrole nitrogens is 1. The van der Waals surface area contributed by atoms with Crippen LogP contribution in [0.4, 0.5) is 17.1 Å². The van der Waals surface area contributed by atoms with Gasteiger partial charge >= 0.3 is 0 Å². The number of anilines is 2. The minimum Gasteiger partial charge on any atom is -0.377 e. The Balaban J connectivity index is 0.902. The number of amides is 1. The van der Waals surface area contributed by atoms with Gasteiger partial charge < -0.3 is 25.3 Å². The molecule has 2 aliphatic heterocycles. The van der Waals surface area contributed by atoms with E-state index >= 15 is 0 Å². The molecule has 2 saturated heterocycles. The molecule has 4 N–H and O–H groups in total. The van der Waals surface area contributed by atoms with Crippen LogP contribution in [-0.4, -0.2) is 108 Å². The molecule has 2 aliphatic carbocycles. The van der Waals surface area contributed by atoms with Crippen LogP contribution in [0.25, 0.3) is 33.3 Å². The lowest BCUT2D eigenvalue weighted by atomic mass is 9.72. The van der Waals surface area contributed by atoms with E-state index in [1.807, 2.05) is 36.4 Å². The van der Waals surface area contributed by atoms with Gasteiger partial charge in [0.25, 0.3) is 21.6 Å². The van der Waals surface area contributed by atoms with Crippen LogP contribution < -0.4 is 20.3 Å². The van der Waals surface area contributed by atoms with Crippen molar-refractivity contribution in [2.45, 2.75) is 56.6 Å². The van der Waals surface area contributed by atoms with Gasteiger partial charge in [0.2, 0.25) is 0 Å². The minimum absolute atomic E-state index is 0.00721. The lowest BCUT2D eigenvalue weighted by Crippen LogP contribution is -2.50. The molecule has 2 fully saturated rings. The van der Waals surface area contributed by atoms with Gasteiger partial charge in [-0.15, -0.1) is 0 Å². The quantitative estimate of drug-likeness (QED) is 0.0508. The van der Waals surface area contributed by atoms with Crippen molar-refractivity contribution >= 4 is 72.2 Å². The summed E-state index contributed by atoms with van der Waals surface area (Å²) < 4.78 is 37.6. The smallest absolute Gasteiger partial charge is 0.293 e. The van der Waals surface area contributed by atoms with E-state index in [4.69, 9.17) is 21.3 Å². The zero-order valence-electron chi connectivity index (χ0n) is 36.7. The maximum atomic E-state index is 14.3. The largest absolute Gasteiger partial charge is 0.377 e. The summed E-state index contributed by atoms with van der Waals surface area (Å²) >= 11 is 6.26. The Morgan fingerprint density at radius 1 is 1.05 bits per heavy atom. The van der Waals surface area contributed by atoms with Gasteiger partial charge in [0.05, 0.1) is 51.5 Å². The van der Waals surface area contributed by atoms with Crippen LogP contribution in [0.2, 0.25) is 5.02 Å². The molecule has 1 amide bonds. The summed E-state index contributed by atoms with van der Waals surface area (Å²) in [6, 6.07) is 20.8. The van der Waals surface area contributed by atoms with Crippen molar-refractivity contribution in [2.24, 2.45) is 5.41 Å². The second-order valence-corrected chi connectivity index (χ2v) is 20.5. The number of rotatable bonds is 13. The lowest BCUT2D eigenvalue weighted by molar-refractivity contribution is -0.384. The van der Waals surface area contributed by atoms with Crippen molar-refractivity contribution in [3.63, 3.8) is 0 Å². The number of nitro benzene ring substituents is 1. The van der Waals surface area contributed by atoms with Gasteiger partial charge in [-0.2, -0.15) is 5.10 Å². The summed E-state index contributed by atoms with van der Waals surface area (Å²) in [7, 11) is -4.60. The summed E-state index contributed by atoms with van der Waals surface area (Å²) in [5.41, 5.74) is 8.36. The molecule has 0 spiro atoms. The second-order valence-electron chi connectivity index (χ2n) is 18.3. The van der Waals surface area contributed by atoms with Crippen LogP contribution in [0.15, 0.2) is 107 Å². The van der Waals surface area contributed by atoms with E-state index in [1.54, 1.807) is 23.1 Å². The Labute approximate surface area is 387 Å². The Morgan fingerprint density at radius 2 is 1.85 bits per heavy atom. The molecule has 10 rings (SSSR count). The normalized spacial score (nSPS) is 20.1. The number of hydrogen-bond acceptors (Lipinski definition) is 12. The Kier molecular flexibility index (Phi) is 11.7. The topological polar surface area (TPSA) is 193 Å². The summed E-state index contributed by atoms with van der Waals surface area (Å²) in [4.78, 5) is 38.1. The second kappa shape index (κ2) is 17.6. The van der Waals surface area contributed by atoms with E-state index in [0.717, 1.165) is 80.6 Å². The molecule has 1 unspecified atom stereocenters. The fourth-order valence-electron chi connectivity index (χ4n) is 9.54. The number of pyridine rings is 1. The highest BCUT2D eigenvalue weighted by atomic mass is 35.5. The number of carbonyl (C=O) groups excluding carboxylic acids is 1. The zero-order valence-corrected chi connectivity index (χ0v) is 38.3. The highest BCUT2D eigenvalue weighted by molar-refractivity contribution is 7.90. The van der Waals surface area contributed by atoms with Gasteiger partial charge in [-0.25, -0.2) is 22.8 Å². The number of morpholine rings is 1. The molecule has 0 saturated carbocycles. The molecule has 2 atom stereocenters. The third-order valence-electron chi connectivity index (χ3n) is 13.3. The predicted octanol–water partition coefficient (Wildman–Crippen LogP) is 7.47. The number of aromatic nitrogens is 4. The summed E-state index contributed by atoms with van der Waals surface area (Å²) in [6.07, 6.45) is 9.34. The molecule has 342 valence electrons. The molecular formula is C48H51ClN10O6S. The molecule has 3 aromatic heterocycles. The number of aromatic amines is 1. The van der Waals surface area contributed by atoms with Crippen molar-refractivity contribution < 1.29 is 22.9 Å². The number of piperazine rings is 1. The first-order valence-corrected chi connectivity index (χ1v) is 24.2. The standard InChI is InChI=1S/C48H51ClN10O6S/c1-48(2)15-13-33(38(26-48)30-5-7-34(49)8-6-30)29-56-18-20-57(21-19-56)35-9-11-37(41(24-35)58-42-23-32-14-16-51-46(32)54-40(42)27-53-58)47(60)55-66(63,64)36-10-12-39(43(25-36)59(61)62)52-28-44-45(31-3-4-31)50-17-22-65-44/h3,5-12,14,16,23-25,27,44-45,50,52H,4,13,15,17-22,26,28-29H2,1-2H3,(H,51,54)(H,55,60)/t44-,45?/m0/s1. The summed E-state index contributed by atoms with van der Waals surface area (Å²) in [6.45, 7) is 10.1. The van der Waals surface area contributed by atoms with E-state index in [9.17, 15) is 23.3 Å². The van der Waals surface area contributed by atoms with Crippen molar-refractivity contribution in [3.05, 3.63) is 129 Å². The molecule has 0 radical (unpaired) electrons. The number of carbonyl (C=O) groups is 1. The van der Waals surface area contributed by atoms with Crippen LogP contribution >= 0.6 is 11.6 Å². The first kappa shape index (κ1) is 43.8. The van der Waals surface area contributed by atoms with Gasteiger partial charge in [-0.1, -0.05) is 54.8 Å². The van der Waals surface area contributed by atoms with Crippen molar-refractivity contribution in [1.29, 1.82) is 0 Å². The average Bonchev–Trinajstić information content (AvgIpc) is 3.92.